The van der Waals surface area contributed by atoms with E-state index in [0.29, 0.717) is 36.7 Å². The summed E-state index contributed by atoms with van der Waals surface area (Å²) in [5.74, 6) is 0.654. The van der Waals surface area contributed by atoms with Crippen molar-refractivity contribution in [3.05, 3.63) is 95.5 Å². The smallest absolute Gasteiger partial charge is 0.243 e. The van der Waals surface area contributed by atoms with E-state index in [1.807, 2.05) is 60.7 Å². The Morgan fingerprint density at radius 1 is 1.00 bits per heavy atom. The first-order valence-corrected chi connectivity index (χ1v) is 13.8. The number of piperidine rings is 1. The SMILES string of the molecule is CN(Cc1ccccc1)C(=O)C[C@]1(COc2ccccc2)CCCN(S(=O)(=O)c2ccc(Cl)cc2)C1. The molecular weight excluding hydrogens is 496 g/mol. The molecule has 6 nitrogen and oxygen atoms in total. The zero-order valence-electron chi connectivity index (χ0n) is 20.3. The summed E-state index contributed by atoms with van der Waals surface area (Å²) in [6.45, 7) is 1.33. The highest BCUT2D eigenvalue weighted by Gasteiger charge is 2.43. The number of rotatable bonds is 9. The fourth-order valence-corrected chi connectivity index (χ4v) is 6.31. The van der Waals surface area contributed by atoms with Gasteiger partial charge in [0.25, 0.3) is 0 Å². The Labute approximate surface area is 218 Å². The monoisotopic (exact) mass is 526 g/mol. The Bertz CT molecular complexity index is 1250. The minimum absolute atomic E-state index is 0.0405. The molecule has 1 saturated heterocycles. The molecule has 0 N–H and O–H groups in total. The molecule has 8 heteroatoms. The molecule has 1 aliphatic heterocycles. The molecule has 1 aliphatic rings. The molecule has 0 bridgehead atoms. The second kappa shape index (κ2) is 11.5. The van der Waals surface area contributed by atoms with Crippen LogP contribution in [0.4, 0.5) is 0 Å². The van der Waals surface area contributed by atoms with Gasteiger partial charge in [-0.3, -0.25) is 4.79 Å². The number of carbonyl (C=O) groups is 1. The number of ether oxygens (including phenoxy) is 1. The zero-order chi connectivity index (χ0) is 25.6. The quantitative estimate of drug-likeness (QED) is 0.382. The summed E-state index contributed by atoms with van der Waals surface area (Å²) < 4.78 is 34.5. The lowest BCUT2D eigenvalue weighted by atomic mass is 9.78. The molecule has 1 amide bonds. The molecule has 0 radical (unpaired) electrons. The number of nitrogens with zero attached hydrogens (tertiary/aromatic N) is 2. The number of amides is 1. The third-order valence-electron chi connectivity index (χ3n) is 6.58. The fourth-order valence-electron chi connectivity index (χ4n) is 4.59. The molecular formula is C28H31ClN2O4S. The number of benzene rings is 3. The fraction of sp³-hybridized carbons (Fsp3) is 0.321. The van der Waals surface area contributed by atoms with Gasteiger partial charge in [-0.2, -0.15) is 4.31 Å². The minimum atomic E-state index is -3.74. The predicted molar refractivity (Wildman–Crippen MR) is 141 cm³/mol. The molecule has 36 heavy (non-hydrogen) atoms. The normalized spacial score (nSPS) is 18.5. The molecule has 1 heterocycles. The summed E-state index contributed by atoms with van der Waals surface area (Å²) in [5, 5.41) is 0.477. The largest absolute Gasteiger partial charge is 0.493 e. The number of carbonyl (C=O) groups excluding carboxylic acids is 1. The van der Waals surface area contributed by atoms with Gasteiger partial charge in [0.1, 0.15) is 5.75 Å². The van der Waals surface area contributed by atoms with Crippen molar-refractivity contribution in [2.24, 2.45) is 5.41 Å². The molecule has 1 fully saturated rings. The molecule has 3 aromatic carbocycles. The van der Waals surface area contributed by atoms with E-state index in [4.69, 9.17) is 16.3 Å². The third kappa shape index (κ3) is 6.46. The van der Waals surface area contributed by atoms with E-state index in [1.54, 1.807) is 24.1 Å². The average molecular weight is 527 g/mol. The van der Waals surface area contributed by atoms with Gasteiger partial charge in [0.05, 0.1) is 11.5 Å². The summed E-state index contributed by atoms with van der Waals surface area (Å²) in [6.07, 6.45) is 1.52. The molecule has 0 unspecified atom stereocenters. The van der Waals surface area contributed by atoms with E-state index in [-0.39, 0.29) is 30.4 Å². The Morgan fingerprint density at radius 2 is 1.64 bits per heavy atom. The summed E-state index contributed by atoms with van der Waals surface area (Å²) in [6, 6.07) is 25.4. The highest BCUT2D eigenvalue weighted by Crippen LogP contribution is 2.37. The van der Waals surface area contributed by atoms with Crippen LogP contribution in [0.2, 0.25) is 5.02 Å². The van der Waals surface area contributed by atoms with Gasteiger partial charge in [-0.25, -0.2) is 8.42 Å². The summed E-state index contributed by atoms with van der Waals surface area (Å²) in [4.78, 5) is 15.3. The van der Waals surface area contributed by atoms with E-state index >= 15 is 0 Å². The van der Waals surface area contributed by atoms with Crippen molar-refractivity contribution in [2.45, 2.75) is 30.7 Å². The Morgan fingerprint density at radius 3 is 2.31 bits per heavy atom. The number of para-hydroxylation sites is 1. The van der Waals surface area contributed by atoms with E-state index in [9.17, 15) is 13.2 Å². The van der Waals surface area contributed by atoms with E-state index in [0.717, 1.165) is 5.56 Å². The molecule has 0 saturated carbocycles. The first-order valence-electron chi connectivity index (χ1n) is 12.0. The maximum Gasteiger partial charge on any atom is 0.243 e. The number of sulfonamides is 1. The van der Waals surface area contributed by atoms with Crippen molar-refractivity contribution in [1.29, 1.82) is 0 Å². The van der Waals surface area contributed by atoms with Crippen LogP contribution in [0.1, 0.15) is 24.8 Å². The minimum Gasteiger partial charge on any atom is -0.493 e. The van der Waals surface area contributed by atoms with Crippen molar-refractivity contribution >= 4 is 27.5 Å². The summed E-state index contributed by atoms with van der Waals surface area (Å²) in [5.41, 5.74) is 0.383. The lowest BCUT2D eigenvalue weighted by Crippen LogP contribution is -2.50. The topological polar surface area (TPSA) is 66.9 Å². The molecule has 0 aliphatic carbocycles. The number of hydrogen-bond acceptors (Lipinski definition) is 4. The van der Waals surface area contributed by atoms with Gasteiger partial charge in [-0.15, -0.1) is 0 Å². The Kier molecular flexibility index (Phi) is 8.34. The Balaban J connectivity index is 1.56. The molecule has 0 aromatic heterocycles. The van der Waals surface area contributed by atoms with Crippen molar-refractivity contribution in [3.8, 4) is 5.75 Å². The van der Waals surface area contributed by atoms with Crippen molar-refractivity contribution < 1.29 is 17.9 Å². The van der Waals surface area contributed by atoms with Crippen LogP contribution in [-0.2, 0) is 21.4 Å². The average Bonchev–Trinajstić information content (AvgIpc) is 2.89. The van der Waals surface area contributed by atoms with Crippen LogP contribution in [0.5, 0.6) is 5.75 Å². The lowest BCUT2D eigenvalue weighted by Gasteiger charge is -2.42. The van der Waals surface area contributed by atoms with Crippen LogP contribution < -0.4 is 4.74 Å². The van der Waals surface area contributed by atoms with E-state index in [1.165, 1.54) is 16.4 Å². The van der Waals surface area contributed by atoms with Crippen molar-refractivity contribution in [1.82, 2.24) is 9.21 Å². The van der Waals surface area contributed by atoms with Gasteiger partial charge >= 0.3 is 0 Å². The molecule has 4 rings (SSSR count). The summed E-state index contributed by atoms with van der Waals surface area (Å²) >= 11 is 5.97. The predicted octanol–water partition coefficient (Wildman–Crippen LogP) is 5.24. The second-order valence-corrected chi connectivity index (χ2v) is 11.8. The highest BCUT2D eigenvalue weighted by molar-refractivity contribution is 7.89. The van der Waals surface area contributed by atoms with Crippen LogP contribution in [-0.4, -0.2) is 50.3 Å². The van der Waals surface area contributed by atoms with E-state index in [2.05, 4.69) is 0 Å². The molecule has 190 valence electrons. The van der Waals surface area contributed by atoms with Crippen LogP contribution in [0.25, 0.3) is 0 Å². The lowest BCUT2D eigenvalue weighted by molar-refractivity contribution is -0.134. The maximum absolute atomic E-state index is 13.5. The van der Waals surface area contributed by atoms with Crippen LogP contribution in [0.3, 0.4) is 0 Å². The van der Waals surface area contributed by atoms with Crippen molar-refractivity contribution in [3.63, 3.8) is 0 Å². The molecule has 3 aromatic rings. The maximum atomic E-state index is 13.5. The van der Waals surface area contributed by atoms with Crippen LogP contribution in [0.15, 0.2) is 89.8 Å². The highest BCUT2D eigenvalue weighted by atomic mass is 35.5. The second-order valence-electron chi connectivity index (χ2n) is 9.41. The number of hydrogen-bond donors (Lipinski definition) is 0. The van der Waals surface area contributed by atoms with Crippen LogP contribution in [0, 0.1) is 5.41 Å². The zero-order valence-corrected chi connectivity index (χ0v) is 21.9. The van der Waals surface area contributed by atoms with Gasteiger partial charge in [-0.1, -0.05) is 60.1 Å². The summed E-state index contributed by atoms with van der Waals surface area (Å²) in [7, 11) is -1.96. The first kappa shape index (κ1) is 26.2. The van der Waals surface area contributed by atoms with Crippen LogP contribution >= 0.6 is 11.6 Å². The molecule has 0 spiro atoms. The van der Waals surface area contributed by atoms with E-state index < -0.39 is 15.4 Å². The molecule has 1 atom stereocenters. The van der Waals surface area contributed by atoms with Gasteiger partial charge < -0.3 is 9.64 Å². The standard InChI is InChI=1S/C28H31ClN2O4S/c1-30(20-23-9-4-2-5-10-23)27(32)19-28(22-35-25-11-6-3-7-12-25)17-8-18-31(21-28)36(33,34)26-15-13-24(29)14-16-26/h2-7,9-16H,8,17-22H2,1H3/t28-/m1/s1. The Hall–Kier alpha value is -2.87. The van der Waals surface area contributed by atoms with Gasteiger partial charge in [0.2, 0.25) is 15.9 Å². The van der Waals surface area contributed by atoms with Gasteiger partial charge in [0, 0.05) is 43.5 Å². The number of halogens is 1. The van der Waals surface area contributed by atoms with Crippen molar-refractivity contribution in [2.75, 3.05) is 26.7 Å². The third-order valence-corrected chi connectivity index (χ3v) is 8.69. The van der Waals surface area contributed by atoms with Gasteiger partial charge in [0.15, 0.2) is 0 Å². The first-order chi connectivity index (χ1) is 17.3. The van der Waals surface area contributed by atoms with Gasteiger partial charge in [-0.05, 0) is 54.8 Å².